The first kappa shape index (κ1) is 16.2. The predicted octanol–water partition coefficient (Wildman–Crippen LogP) is 2.80. The number of thioether (sulfide) groups is 1. The maximum Gasteiger partial charge on any atom is 0.406 e. The molecule has 1 saturated heterocycles. The molecule has 1 heterocycles. The number of halogens is 3. The number of benzene rings is 1. The first-order valence-electron chi connectivity index (χ1n) is 6.45. The molecule has 1 aromatic carbocycles. The van der Waals surface area contributed by atoms with E-state index in [1.165, 1.54) is 0 Å². The zero-order chi connectivity index (χ0) is 15.7. The molecule has 116 valence electrons. The van der Waals surface area contributed by atoms with Crippen LogP contribution >= 0.6 is 11.8 Å². The summed E-state index contributed by atoms with van der Waals surface area (Å²) in [7, 11) is 0. The lowest BCUT2D eigenvalue weighted by Gasteiger charge is -2.32. The van der Waals surface area contributed by atoms with Gasteiger partial charge in [-0.2, -0.15) is 13.2 Å². The molecule has 0 amide bonds. The quantitative estimate of drug-likeness (QED) is 0.838. The van der Waals surface area contributed by atoms with Crippen LogP contribution in [0.2, 0.25) is 0 Å². The van der Waals surface area contributed by atoms with Crippen molar-refractivity contribution in [2.75, 3.05) is 19.3 Å². The maximum absolute atomic E-state index is 13.3. The highest BCUT2D eigenvalue weighted by atomic mass is 32.2. The fraction of sp³-hybridized carbons (Fsp3) is 0.500. The Kier molecular flexibility index (Phi) is 4.53. The van der Waals surface area contributed by atoms with E-state index < -0.39 is 30.0 Å². The van der Waals surface area contributed by atoms with Gasteiger partial charge in [0.05, 0.1) is 0 Å². The minimum atomic E-state index is -4.77. The molecule has 0 saturated carbocycles. The second-order valence-corrected chi connectivity index (χ2v) is 6.03. The number of hydrogen-bond acceptors (Lipinski definition) is 3. The third kappa shape index (κ3) is 2.89. The van der Waals surface area contributed by atoms with Crippen molar-refractivity contribution in [3.63, 3.8) is 0 Å². The third-order valence-corrected chi connectivity index (χ3v) is 4.76. The Labute approximate surface area is 124 Å². The second-order valence-electron chi connectivity index (χ2n) is 5.15. The Hall–Kier alpha value is -1.21. The van der Waals surface area contributed by atoms with Gasteiger partial charge in [-0.25, -0.2) is 0 Å². The molecule has 21 heavy (non-hydrogen) atoms. The molecule has 1 aliphatic rings. The van der Waals surface area contributed by atoms with Gasteiger partial charge in [-0.15, -0.1) is 11.8 Å². The first-order chi connectivity index (χ1) is 9.81. The fourth-order valence-corrected chi connectivity index (χ4v) is 3.17. The molecule has 2 unspecified atom stereocenters. The van der Waals surface area contributed by atoms with E-state index in [2.05, 4.69) is 5.32 Å². The summed E-state index contributed by atoms with van der Waals surface area (Å²) in [6.07, 6.45) is -2.77. The zero-order valence-electron chi connectivity index (χ0n) is 11.4. The van der Waals surface area contributed by atoms with Crippen molar-refractivity contribution in [3.05, 3.63) is 29.8 Å². The molecule has 1 aliphatic heterocycles. The van der Waals surface area contributed by atoms with E-state index in [9.17, 15) is 18.0 Å². The summed E-state index contributed by atoms with van der Waals surface area (Å²) >= 11 is 1.54. The monoisotopic (exact) mass is 319 g/mol. The van der Waals surface area contributed by atoms with Gasteiger partial charge in [0.1, 0.15) is 0 Å². The van der Waals surface area contributed by atoms with Crippen molar-refractivity contribution in [1.82, 2.24) is 5.32 Å². The summed E-state index contributed by atoms with van der Waals surface area (Å²) in [5.41, 5.74) is -1.98. The van der Waals surface area contributed by atoms with Gasteiger partial charge < -0.3 is 10.4 Å². The molecule has 7 heteroatoms. The van der Waals surface area contributed by atoms with Gasteiger partial charge in [-0.05, 0) is 36.9 Å². The Morgan fingerprint density at radius 2 is 2.05 bits per heavy atom. The number of carbonyl (C=O) groups is 1. The Balaban J connectivity index is 2.26. The van der Waals surface area contributed by atoms with Crippen molar-refractivity contribution >= 4 is 17.7 Å². The second kappa shape index (κ2) is 5.88. The lowest BCUT2D eigenvalue weighted by molar-refractivity contribution is -0.236. The number of aliphatic carboxylic acids is 1. The molecule has 3 nitrogen and oxygen atoms in total. The topological polar surface area (TPSA) is 49.3 Å². The molecule has 0 aliphatic carbocycles. The zero-order valence-corrected chi connectivity index (χ0v) is 12.2. The number of carboxylic acids is 1. The van der Waals surface area contributed by atoms with Gasteiger partial charge in [0.25, 0.3) is 0 Å². The standard InChI is InChI=1S/C14H16F3NO2S/c1-21-11-4-2-9(3-5-11)6-10-7-18-8-13(10,12(19)20)14(15,16)17/h2-5,10,18H,6-8H2,1H3,(H,19,20). The molecule has 2 atom stereocenters. The van der Waals surface area contributed by atoms with Crippen LogP contribution < -0.4 is 5.32 Å². The SMILES string of the molecule is CSc1ccc(CC2CNCC2(C(=O)O)C(F)(F)F)cc1. The van der Waals surface area contributed by atoms with Crippen LogP contribution in [0, 0.1) is 11.3 Å². The molecule has 0 spiro atoms. The van der Waals surface area contributed by atoms with E-state index in [0.717, 1.165) is 10.5 Å². The van der Waals surface area contributed by atoms with Crippen molar-refractivity contribution in [1.29, 1.82) is 0 Å². The highest BCUT2D eigenvalue weighted by molar-refractivity contribution is 7.98. The normalized spacial score (nSPS) is 26.0. The largest absolute Gasteiger partial charge is 0.481 e. The van der Waals surface area contributed by atoms with E-state index >= 15 is 0 Å². The van der Waals surface area contributed by atoms with Crippen LogP contribution in [0.15, 0.2) is 29.2 Å². The number of carboxylic acid groups (broad SMARTS) is 1. The number of rotatable bonds is 4. The van der Waals surface area contributed by atoms with Crippen molar-refractivity contribution in [3.8, 4) is 0 Å². The summed E-state index contributed by atoms with van der Waals surface area (Å²) in [5.74, 6) is -2.80. The number of alkyl halides is 3. The minimum absolute atomic E-state index is 0.0517. The lowest BCUT2D eigenvalue weighted by Crippen LogP contribution is -2.51. The summed E-state index contributed by atoms with van der Waals surface area (Å²) in [5, 5.41) is 11.8. The van der Waals surface area contributed by atoms with E-state index in [1.54, 1.807) is 23.9 Å². The average molecular weight is 319 g/mol. The van der Waals surface area contributed by atoms with Crippen molar-refractivity contribution < 1.29 is 23.1 Å². The van der Waals surface area contributed by atoms with Crippen molar-refractivity contribution in [2.24, 2.45) is 11.3 Å². The maximum atomic E-state index is 13.3. The summed E-state index contributed by atoms with van der Waals surface area (Å²) in [4.78, 5) is 12.3. The molecule has 0 aromatic heterocycles. The van der Waals surface area contributed by atoms with Crippen LogP contribution in [-0.4, -0.2) is 36.6 Å². The molecule has 2 N–H and O–H groups in total. The van der Waals surface area contributed by atoms with Gasteiger partial charge in [0, 0.05) is 17.4 Å². The van der Waals surface area contributed by atoms with Gasteiger partial charge in [0.2, 0.25) is 0 Å². The van der Waals surface area contributed by atoms with Crippen LogP contribution in [0.4, 0.5) is 13.2 Å². The van der Waals surface area contributed by atoms with Crippen LogP contribution in [0.25, 0.3) is 0 Å². The summed E-state index contributed by atoms with van der Waals surface area (Å²) in [6, 6.07) is 7.18. The summed E-state index contributed by atoms with van der Waals surface area (Å²) < 4.78 is 39.9. The highest BCUT2D eigenvalue weighted by Crippen LogP contribution is 2.47. The summed E-state index contributed by atoms with van der Waals surface area (Å²) in [6.45, 7) is -0.518. The Morgan fingerprint density at radius 1 is 1.43 bits per heavy atom. The molecule has 1 aromatic rings. The van der Waals surface area contributed by atoms with E-state index in [1.807, 2.05) is 18.4 Å². The predicted molar refractivity (Wildman–Crippen MR) is 74.4 cm³/mol. The highest BCUT2D eigenvalue weighted by Gasteiger charge is 2.66. The molecule has 0 bridgehead atoms. The van der Waals surface area contributed by atoms with E-state index in [4.69, 9.17) is 5.11 Å². The van der Waals surface area contributed by atoms with Crippen LogP contribution in [-0.2, 0) is 11.2 Å². The molecular weight excluding hydrogens is 303 g/mol. The van der Waals surface area contributed by atoms with E-state index in [0.29, 0.717) is 0 Å². The first-order valence-corrected chi connectivity index (χ1v) is 7.67. The minimum Gasteiger partial charge on any atom is -0.481 e. The van der Waals surface area contributed by atoms with Crippen LogP contribution in [0.5, 0.6) is 0 Å². The van der Waals surface area contributed by atoms with Gasteiger partial charge in [-0.1, -0.05) is 12.1 Å². The Morgan fingerprint density at radius 3 is 2.52 bits per heavy atom. The van der Waals surface area contributed by atoms with Gasteiger partial charge in [0.15, 0.2) is 5.41 Å². The molecule has 2 rings (SSSR count). The smallest absolute Gasteiger partial charge is 0.406 e. The average Bonchev–Trinajstić information content (AvgIpc) is 2.84. The molecule has 1 fully saturated rings. The number of nitrogens with one attached hydrogen (secondary N) is 1. The van der Waals surface area contributed by atoms with E-state index in [-0.39, 0.29) is 13.0 Å². The molecule has 0 radical (unpaired) electrons. The lowest BCUT2D eigenvalue weighted by atomic mass is 9.74. The number of hydrogen-bond donors (Lipinski definition) is 2. The molecular formula is C14H16F3NO2S. The van der Waals surface area contributed by atoms with Crippen LogP contribution in [0.1, 0.15) is 5.56 Å². The van der Waals surface area contributed by atoms with Gasteiger partial charge in [-0.3, -0.25) is 4.79 Å². The third-order valence-electron chi connectivity index (χ3n) is 4.02. The van der Waals surface area contributed by atoms with Gasteiger partial charge >= 0.3 is 12.1 Å². The van der Waals surface area contributed by atoms with Crippen LogP contribution in [0.3, 0.4) is 0 Å². The fourth-order valence-electron chi connectivity index (χ4n) is 2.76. The Bertz CT molecular complexity index is 518. The van der Waals surface area contributed by atoms with Crippen molar-refractivity contribution in [2.45, 2.75) is 17.5 Å².